The van der Waals surface area contributed by atoms with Gasteiger partial charge in [0.15, 0.2) is 5.78 Å². The molecule has 150 valence electrons. The zero-order valence-corrected chi connectivity index (χ0v) is 17.0. The van der Waals surface area contributed by atoms with Crippen LogP contribution >= 0.6 is 0 Å². The molecular weight excluding hydrogens is 365 g/mol. The average Bonchev–Trinajstić information content (AvgIpc) is 2.75. The summed E-state index contributed by atoms with van der Waals surface area (Å²) in [6, 6.07) is 21.4. The minimum atomic E-state index is -0.289. The molecule has 0 aliphatic rings. The van der Waals surface area contributed by atoms with Crippen LogP contribution in [0.4, 0.5) is 10.1 Å². The Balaban J connectivity index is 1.84. The minimum Gasteiger partial charge on any atom is -0.497 e. The van der Waals surface area contributed by atoms with Crippen LogP contribution in [0.3, 0.4) is 0 Å². The first-order valence-corrected chi connectivity index (χ1v) is 9.75. The summed E-state index contributed by atoms with van der Waals surface area (Å²) in [6.45, 7) is 4.30. The van der Waals surface area contributed by atoms with E-state index in [4.69, 9.17) is 4.74 Å². The van der Waals surface area contributed by atoms with Crippen LogP contribution in [0.25, 0.3) is 0 Å². The van der Waals surface area contributed by atoms with Gasteiger partial charge in [0.05, 0.1) is 13.2 Å². The Morgan fingerprint density at radius 3 is 2.03 bits per heavy atom. The Bertz CT molecular complexity index is 932. The van der Waals surface area contributed by atoms with Crippen molar-refractivity contribution in [3.8, 4) is 5.75 Å². The fourth-order valence-electron chi connectivity index (χ4n) is 3.19. The number of rotatable bonds is 8. The first-order chi connectivity index (χ1) is 14.0. The Hall–Kier alpha value is -3.14. The van der Waals surface area contributed by atoms with Crippen LogP contribution in [0.15, 0.2) is 72.8 Å². The quantitative estimate of drug-likeness (QED) is 0.453. The Labute approximate surface area is 171 Å². The van der Waals surface area contributed by atoms with E-state index >= 15 is 0 Å². The van der Waals surface area contributed by atoms with Gasteiger partial charge in [-0.2, -0.15) is 0 Å². The maximum Gasteiger partial charge on any atom is 0.165 e. The van der Waals surface area contributed by atoms with E-state index < -0.39 is 0 Å². The number of ketones is 1. The van der Waals surface area contributed by atoms with Crippen molar-refractivity contribution >= 4 is 11.5 Å². The molecule has 0 heterocycles. The molecule has 1 atom stereocenters. The molecule has 0 saturated heterocycles. The van der Waals surface area contributed by atoms with Crippen molar-refractivity contribution in [3.63, 3.8) is 0 Å². The lowest BCUT2D eigenvalue weighted by atomic mass is 9.95. The van der Waals surface area contributed by atoms with Crippen molar-refractivity contribution in [1.29, 1.82) is 0 Å². The number of Topliss-reactive ketones (excluding diaryl/α,β-unsaturated/α-hetero) is 1. The fourth-order valence-corrected chi connectivity index (χ4v) is 3.19. The van der Waals surface area contributed by atoms with E-state index in [9.17, 15) is 9.18 Å². The molecule has 0 bridgehead atoms. The van der Waals surface area contributed by atoms with E-state index in [-0.39, 0.29) is 24.1 Å². The first-order valence-electron chi connectivity index (χ1n) is 9.75. The van der Waals surface area contributed by atoms with Gasteiger partial charge in [-0.05, 0) is 65.6 Å². The molecule has 0 amide bonds. The van der Waals surface area contributed by atoms with Crippen molar-refractivity contribution in [1.82, 2.24) is 0 Å². The Kier molecular flexibility index (Phi) is 6.65. The third kappa shape index (κ3) is 5.44. The maximum atomic E-state index is 13.3. The van der Waals surface area contributed by atoms with Gasteiger partial charge < -0.3 is 10.1 Å². The third-order valence-electron chi connectivity index (χ3n) is 4.99. The molecule has 3 aromatic carbocycles. The van der Waals surface area contributed by atoms with Gasteiger partial charge in [0.25, 0.3) is 0 Å². The molecule has 0 aliphatic heterocycles. The van der Waals surface area contributed by atoms with E-state index in [1.54, 1.807) is 43.5 Å². The summed E-state index contributed by atoms with van der Waals surface area (Å²) < 4.78 is 18.4. The second-order valence-electron chi connectivity index (χ2n) is 7.38. The standard InChI is InChI=1S/C25H26FNO2/c1-17(2)18-4-6-19(7-5-18)24(27-22-12-10-21(26)11-13-22)16-25(28)20-8-14-23(29-3)15-9-20/h4-15,17,24,27H,16H2,1-3H3. The van der Waals surface area contributed by atoms with E-state index in [1.807, 2.05) is 0 Å². The van der Waals surface area contributed by atoms with Crippen LogP contribution in [0, 0.1) is 5.82 Å². The predicted molar refractivity (Wildman–Crippen MR) is 115 cm³/mol. The topological polar surface area (TPSA) is 38.3 Å². The number of hydrogen-bond donors (Lipinski definition) is 1. The SMILES string of the molecule is COc1ccc(C(=O)CC(Nc2ccc(F)cc2)c2ccc(C(C)C)cc2)cc1. The highest BCUT2D eigenvalue weighted by molar-refractivity contribution is 5.96. The molecule has 3 rings (SSSR count). The number of hydrogen-bond acceptors (Lipinski definition) is 3. The minimum absolute atomic E-state index is 0.0280. The molecule has 4 heteroatoms. The predicted octanol–water partition coefficient (Wildman–Crippen LogP) is 6.38. The largest absolute Gasteiger partial charge is 0.497 e. The van der Waals surface area contributed by atoms with Crippen molar-refractivity contribution < 1.29 is 13.9 Å². The molecule has 0 spiro atoms. The lowest BCUT2D eigenvalue weighted by Gasteiger charge is -2.21. The van der Waals surface area contributed by atoms with Gasteiger partial charge in [0.2, 0.25) is 0 Å². The van der Waals surface area contributed by atoms with E-state index in [0.29, 0.717) is 17.2 Å². The van der Waals surface area contributed by atoms with Crippen molar-refractivity contribution in [2.45, 2.75) is 32.2 Å². The Morgan fingerprint density at radius 2 is 1.48 bits per heavy atom. The summed E-state index contributed by atoms with van der Waals surface area (Å²) in [7, 11) is 1.60. The van der Waals surface area contributed by atoms with Gasteiger partial charge >= 0.3 is 0 Å². The third-order valence-corrected chi connectivity index (χ3v) is 4.99. The van der Waals surface area contributed by atoms with Gasteiger partial charge in [-0.25, -0.2) is 4.39 Å². The summed E-state index contributed by atoms with van der Waals surface area (Å²) in [6.07, 6.45) is 0.282. The number of halogens is 1. The smallest absolute Gasteiger partial charge is 0.165 e. The highest BCUT2D eigenvalue weighted by Gasteiger charge is 2.18. The van der Waals surface area contributed by atoms with Crippen molar-refractivity contribution in [2.75, 3.05) is 12.4 Å². The van der Waals surface area contributed by atoms with Gasteiger partial charge in [-0.1, -0.05) is 38.1 Å². The van der Waals surface area contributed by atoms with Gasteiger partial charge in [0, 0.05) is 17.7 Å². The van der Waals surface area contributed by atoms with Crippen LogP contribution in [0.2, 0.25) is 0 Å². The number of ether oxygens (including phenoxy) is 1. The zero-order chi connectivity index (χ0) is 20.8. The van der Waals surface area contributed by atoms with Crippen molar-refractivity contribution in [3.05, 3.63) is 95.3 Å². The van der Waals surface area contributed by atoms with E-state index in [0.717, 1.165) is 11.3 Å². The van der Waals surface area contributed by atoms with Crippen LogP contribution in [-0.2, 0) is 0 Å². The maximum absolute atomic E-state index is 13.3. The first kappa shape index (κ1) is 20.6. The molecule has 0 saturated carbocycles. The number of carbonyl (C=O) groups is 1. The second-order valence-corrected chi connectivity index (χ2v) is 7.38. The monoisotopic (exact) mass is 391 g/mol. The number of carbonyl (C=O) groups excluding carboxylic acids is 1. The molecule has 0 aliphatic carbocycles. The van der Waals surface area contributed by atoms with E-state index in [1.165, 1.54) is 17.7 Å². The van der Waals surface area contributed by atoms with Crippen molar-refractivity contribution in [2.24, 2.45) is 0 Å². The zero-order valence-electron chi connectivity index (χ0n) is 17.0. The van der Waals surface area contributed by atoms with Crippen LogP contribution in [-0.4, -0.2) is 12.9 Å². The molecule has 3 nitrogen and oxygen atoms in total. The second kappa shape index (κ2) is 9.37. The molecule has 29 heavy (non-hydrogen) atoms. The van der Waals surface area contributed by atoms with Crippen LogP contribution < -0.4 is 10.1 Å². The average molecular weight is 391 g/mol. The summed E-state index contributed by atoms with van der Waals surface area (Å²) in [5.41, 5.74) is 3.67. The molecule has 1 unspecified atom stereocenters. The highest BCUT2D eigenvalue weighted by atomic mass is 19.1. The molecular formula is C25H26FNO2. The molecule has 0 radical (unpaired) electrons. The fraction of sp³-hybridized carbons (Fsp3) is 0.240. The normalized spacial score (nSPS) is 11.9. The molecule has 3 aromatic rings. The van der Waals surface area contributed by atoms with Gasteiger partial charge in [-0.3, -0.25) is 4.79 Å². The summed E-state index contributed by atoms with van der Waals surface area (Å²) in [4.78, 5) is 12.9. The molecule has 0 aromatic heterocycles. The summed E-state index contributed by atoms with van der Waals surface area (Å²) in [5, 5.41) is 3.38. The van der Waals surface area contributed by atoms with Gasteiger partial charge in [-0.15, -0.1) is 0 Å². The van der Waals surface area contributed by atoms with Gasteiger partial charge in [0.1, 0.15) is 11.6 Å². The summed E-state index contributed by atoms with van der Waals surface area (Å²) in [5.74, 6) is 0.892. The molecule has 0 fully saturated rings. The van der Waals surface area contributed by atoms with Crippen LogP contribution in [0.5, 0.6) is 5.75 Å². The Morgan fingerprint density at radius 1 is 0.897 bits per heavy atom. The van der Waals surface area contributed by atoms with Crippen LogP contribution in [0.1, 0.15) is 53.7 Å². The lowest BCUT2D eigenvalue weighted by Crippen LogP contribution is -2.16. The molecule has 1 N–H and O–H groups in total. The summed E-state index contributed by atoms with van der Waals surface area (Å²) >= 11 is 0. The lowest BCUT2D eigenvalue weighted by molar-refractivity contribution is 0.0976. The highest BCUT2D eigenvalue weighted by Crippen LogP contribution is 2.27. The number of anilines is 1. The number of benzene rings is 3. The number of methoxy groups -OCH3 is 1. The van der Waals surface area contributed by atoms with E-state index in [2.05, 4.69) is 43.4 Å². The number of nitrogens with one attached hydrogen (secondary N) is 1.